The fraction of sp³-hybridized carbons (Fsp3) is 0.267. The zero-order valence-corrected chi connectivity index (χ0v) is 25.8. The first kappa shape index (κ1) is 30.7. The smallest absolute Gasteiger partial charge is 0.151 e. The van der Waals surface area contributed by atoms with Gasteiger partial charge in [0.1, 0.15) is 30.3 Å². The summed E-state index contributed by atoms with van der Waals surface area (Å²) in [4.78, 5) is 18.1. The number of rotatable bonds is 14. The minimum absolute atomic E-state index is 0.143. The molecule has 0 radical (unpaired) electrons. The Morgan fingerprint density at radius 2 is 1.91 bits per heavy atom. The van der Waals surface area contributed by atoms with E-state index in [2.05, 4.69) is 25.6 Å². The second-order valence-corrected chi connectivity index (χ2v) is 13.4. The summed E-state index contributed by atoms with van der Waals surface area (Å²) in [6.07, 6.45) is 4.47. The van der Waals surface area contributed by atoms with Gasteiger partial charge in [0, 0.05) is 41.7 Å². The molecule has 0 atom stereocenters. The van der Waals surface area contributed by atoms with E-state index >= 15 is 0 Å². The zero-order valence-electron chi connectivity index (χ0n) is 23.4. The Hall–Kier alpha value is -3.71. The van der Waals surface area contributed by atoms with Crippen molar-refractivity contribution in [1.82, 2.24) is 25.3 Å². The number of hydrogen-bond donors (Lipinski definition) is 2. The minimum Gasteiger partial charge on any atom is -0.487 e. The number of pyridine rings is 1. The van der Waals surface area contributed by atoms with E-state index < -0.39 is 9.84 Å². The quantitative estimate of drug-likeness (QED) is 0.136. The van der Waals surface area contributed by atoms with E-state index in [9.17, 15) is 12.8 Å². The first-order valence-electron chi connectivity index (χ1n) is 13.7. The van der Waals surface area contributed by atoms with Crippen molar-refractivity contribution in [2.45, 2.75) is 26.4 Å². The van der Waals surface area contributed by atoms with Gasteiger partial charge in [-0.15, -0.1) is 11.3 Å². The van der Waals surface area contributed by atoms with E-state index in [4.69, 9.17) is 21.3 Å². The highest BCUT2D eigenvalue weighted by atomic mass is 35.5. The van der Waals surface area contributed by atoms with Crippen LogP contribution < -0.4 is 15.4 Å². The molecule has 0 amide bonds. The summed E-state index contributed by atoms with van der Waals surface area (Å²) in [6.45, 7) is 3.12. The van der Waals surface area contributed by atoms with E-state index in [-0.39, 0.29) is 23.9 Å². The van der Waals surface area contributed by atoms with Gasteiger partial charge in [0.25, 0.3) is 0 Å². The maximum absolute atomic E-state index is 13.5. The van der Waals surface area contributed by atoms with Crippen LogP contribution in [0.15, 0.2) is 66.4 Å². The largest absolute Gasteiger partial charge is 0.487 e. The molecule has 0 aliphatic heterocycles. The number of thiazole rings is 1. The molecule has 43 heavy (non-hydrogen) atoms. The predicted octanol–water partition coefficient (Wildman–Crippen LogP) is 6.22. The molecule has 0 aliphatic carbocycles. The van der Waals surface area contributed by atoms with Crippen LogP contribution in [0.1, 0.15) is 23.9 Å². The average molecular weight is 641 g/mol. The maximum atomic E-state index is 13.5. The lowest BCUT2D eigenvalue weighted by Gasteiger charge is -2.12. The Morgan fingerprint density at radius 1 is 1.02 bits per heavy atom. The highest BCUT2D eigenvalue weighted by Crippen LogP contribution is 2.32. The summed E-state index contributed by atoms with van der Waals surface area (Å²) >= 11 is 8.02. The highest BCUT2D eigenvalue weighted by molar-refractivity contribution is 7.91. The lowest BCUT2D eigenvalue weighted by Crippen LogP contribution is -2.26. The third-order valence-corrected chi connectivity index (χ3v) is 9.49. The third kappa shape index (κ3) is 8.44. The van der Waals surface area contributed by atoms with Crippen LogP contribution in [0.4, 0.5) is 15.9 Å². The van der Waals surface area contributed by atoms with E-state index in [1.165, 1.54) is 29.8 Å². The lowest BCUT2D eigenvalue weighted by atomic mass is 10.2. The molecule has 2 N–H and O–H groups in total. The molecule has 0 saturated carbocycles. The molecule has 0 unspecified atom stereocenters. The number of benzene rings is 2. The Balaban J connectivity index is 1.23. The number of nitrogens with one attached hydrogen (secondary N) is 2. The molecule has 0 saturated heterocycles. The third-order valence-electron chi connectivity index (χ3n) is 6.43. The van der Waals surface area contributed by atoms with Crippen LogP contribution >= 0.6 is 22.9 Å². The van der Waals surface area contributed by atoms with E-state index in [0.29, 0.717) is 65.0 Å². The molecule has 224 valence electrons. The van der Waals surface area contributed by atoms with Gasteiger partial charge < -0.3 is 15.4 Å². The van der Waals surface area contributed by atoms with Gasteiger partial charge in [0.05, 0.1) is 38.9 Å². The van der Waals surface area contributed by atoms with Gasteiger partial charge in [-0.05, 0) is 48.4 Å². The summed E-state index contributed by atoms with van der Waals surface area (Å²) < 4.78 is 43.0. The summed E-state index contributed by atoms with van der Waals surface area (Å²) in [5, 5.41) is 10.5. The average Bonchev–Trinajstić information content (AvgIpc) is 3.45. The lowest BCUT2D eigenvalue weighted by molar-refractivity contribution is 0.306. The second kappa shape index (κ2) is 14.2. The van der Waals surface area contributed by atoms with Crippen molar-refractivity contribution in [1.29, 1.82) is 0 Å². The molecule has 5 aromatic rings. The molecule has 5 rings (SSSR count). The standard InChI is InChI=1S/C30H30ClFN6O3S2/c1-2-11-43(39,40)12-10-33-9-8-29-38-27(18-42-29)25-15-23-26(16-34-25)35-19-36-30(23)37-22-6-7-28(24(31)14-22)41-17-20-4-3-5-21(32)13-20/h3-7,13-16,18-19,33H,2,8-12,17H2,1H3,(H,35,36,37). The van der Waals surface area contributed by atoms with Crippen LogP contribution in [0.2, 0.25) is 5.02 Å². The topological polar surface area (TPSA) is 119 Å². The number of fused-ring (bicyclic) bond motifs is 1. The second-order valence-electron chi connectivity index (χ2n) is 9.78. The van der Waals surface area contributed by atoms with Crippen LogP contribution in [0.3, 0.4) is 0 Å². The van der Waals surface area contributed by atoms with Gasteiger partial charge in [-0.1, -0.05) is 30.7 Å². The van der Waals surface area contributed by atoms with E-state index in [0.717, 1.165) is 16.1 Å². The molecule has 13 heteroatoms. The molecule has 3 heterocycles. The zero-order chi connectivity index (χ0) is 30.2. The SMILES string of the molecule is CCCS(=O)(=O)CCNCCc1nc(-c2cc3c(Nc4ccc(OCc5cccc(F)c5)c(Cl)c4)ncnc3cn2)cs1. The van der Waals surface area contributed by atoms with Crippen LogP contribution in [0.5, 0.6) is 5.75 Å². The molecule has 0 aliphatic rings. The van der Waals surface area contributed by atoms with Crippen LogP contribution in [0, 0.1) is 5.82 Å². The van der Waals surface area contributed by atoms with Gasteiger partial charge in [-0.25, -0.2) is 27.8 Å². The predicted molar refractivity (Wildman–Crippen MR) is 169 cm³/mol. The summed E-state index contributed by atoms with van der Waals surface area (Å²) in [5.41, 5.74) is 3.50. The first-order valence-corrected chi connectivity index (χ1v) is 16.8. The Kier molecular flexibility index (Phi) is 10.1. The van der Waals surface area contributed by atoms with Crippen molar-refractivity contribution in [3.63, 3.8) is 0 Å². The van der Waals surface area contributed by atoms with Gasteiger partial charge in [0.15, 0.2) is 9.84 Å². The van der Waals surface area contributed by atoms with Crippen molar-refractivity contribution in [3.8, 4) is 17.1 Å². The van der Waals surface area contributed by atoms with Gasteiger partial charge in [-0.3, -0.25) is 4.98 Å². The number of nitrogens with zero attached hydrogens (tertiary/aromatic N) is 4. The maximum Gasteiger partial charge on any atom is 0.151 e. The molecular formula is C30H30ClFN6O3S2. The fourth-order valence-corrected chi connectivity index (χ4v) is 6.63. The first-order chi connectivity index (χ1) is 20.8. The summed E-state index contributed by atoms with van der Waals surface area (Å²) in [6, 6.07) is 13.4. The molecule has 9 nitrogen and oxygen atoms in total. The fourth-order valence-electron chi connectivity index (χ4n) is 4.32. The van der Waals surface area contributed by atoms with Crippen molar-refractivity contribution >= 4 is 55.2 Å². The molecule has 0 spiro atoms. The number of ether oxygens (including phenoxy) is 1. The Bertz CT molecular complexity index is 1820. The van der Waals surface area contributed by atoms with Crippen LogP contribution in [0.25, 0.3) is 22.3 Å². The normalized spacial score (nSPS) is 11.6. The summed E-state index contributed by atoms with van der Waals surface area (Å²) in [7, 11) is -2.99. The molecular weight excluding hydrogens is 611 g/mol. The molecule has 3 aromatic heterocycles. The number of aromatic nitrogens is 4. The number of halogens is 2. The van der Waals surface area contributed by atoms with Crippen LogP contribution in [-0.2, 0) is 22.9 Å². The number of hydrogen-bond acceptors (Lipinski definition) is 10. The monoisotopic (exact) mass is 640 g/mol. The molecule has 0 fully saturated rings. The number of sulfone groups is 1. The minimum atomic E-state index is -2.99. The Morgan fingerprint density at radius 3 is 2.72 bits per heavy atom. The highest BCUT2D eigenvalue weighted by Gasteiger charge is 2.13. The van der Waals surface area contributed by atoms with Crippen LogP contribution in [-0.4, -0.2) is 52.9 Å². The van der Waals surface area contributed by atoms with Gasteiger partial charge in [-0.2, -0.15) is 0 Å². The van der Waals surface area contributed by atoms with E-state index in [1.807, 2.05) is 24.4 Å². The van der Waals surface area contributed by atoms with E-state index in [1.54, 1.807) is 30.5 Å². The molecule has 2 aromatic carbocycles. The Labute approximate surface area is 258 Å². The van der Waals surface area contributed by atoms with Crippen molar-refractivity contribution < 1.29 is 17.5 Å². The molecule has 0 bridgehead atoms. The van der Waals surface area contributed by atoms with Crippen molar-refractivity contribution in [2.75, 3.05) is 29.9 Å². The van der Waals surface area contributed by atoms with Crippen molar-refractivity contribution in [2.24, 2.45) is 0 Å². The van der Waals surface area contributed by atoms with Gasteiger partial charge in [0.2, 0.25) is 0 Å². The number of anilines is 2. The summed E-state index contributed by atoms with van der Waals surface area (Å²) in [5.74, 6) is 1.10. The van der Waals surface area contributed by atoms with Gasteiger partial charge >= 0.3 is 0 Å². The van der Waals surface area contributed by atoms with Crippen molar-refractivity contribution in [3.05, 3.63) is 87.8 Å².